The topological polar surface area (TPSA) is 0 Å². The van der Waals surface area contributed by atoms with Crippen LogP contribution >= 0.6 is 16.8 Å². The van der Waals surface area contributed by atoms with Crippen molar-refractivity contribution in [3.05, 3.63) is 0 Å². The molecular formula is C8H19ClHgP. The molecule has 0 aromatic heterocycles. The molecule has 0 fully saturated rings. The molecule has 65 valence electrons. The van der Waals surface area contributed by atoms with Crippen molar-refractivity contribution in [1.29, 1.82) is 0 Å². The molecular weight excluding hydrogens is 363 g/mol. The summed E-state index contributed by atoms with van der Waals surface area (Å²) in [4.78, 5) is 0. The summed E-state index contributed by atoms with van der Waals surface area (Å²) in [5, 5.41) is 1.02. The second-order valence-corrected chi connectivity index (χ2v) is 7.88. The van der Waals surface area contributed by atoms with Gasteiger partial charge >= 0.3 is 33.1 Å². The maximum atomic E-state index is 4.83. The zero-order valence-electron chi connectivity index (χ0n) is 8.59. The third-order valence-electron chi connectivity index (χ3n) is 0.750. The predicted molar refractivity (Wildman–Crippen MR) is 53.7 cm³/mol. The summed E-state index contributed by atoms with van der Waals surface area (Å²) < 4.78 is 0. The number of hydrogen-bond donors (Lipinski definition) is 0. The van der Waals surface area contributed by atoms with E-state index in [0.29, 0.717) is 35.2 Å². The Morgan fingerprint density at radius 3 is 1.00 bits per heavy atom. The molecule has 0 aromatic carbocycles. The average Bonchev–Trinajstić information content (AvgIpc) is 1.60. The van der Waals surface area contributed by atoms with Crippen molar-refractivity contribution in [3.63, 3.8) is 0 Å². The van der Waals surface area contributed by atoms with Crippen LogP contribution < -0.4 is 0 Å². The van der Waals surface area contributed by atoms with Gasteiger partial charge in [-0.15, -0.1) is 8.58 Å². The van der Waals surface area contributed by atoms with E-state index >= 15 is 0 Å². The summed E-state index contributed by atoms with van der Waals surface area (Å²) in [5.41, 5.74) is 0. The summed E-state index contributed by atoms with van der Waals surface area (Å²) >= 11 is 0.500. The first-order valence-corrected chi connectivity index (χ1v) is 11.5. The standard InChI is InChI=1S/C8H19P.ClH.Hg/c1-7(2,3)9-8(4,5)6;;/h9H,1-6H3;1H;/q;;+1/p-1. The van der Waals surface area contributed by atoms with Gasteiger partial charge in [0.15, 0.2) is 0 Å². The van der Waals surface area contributed by atoms with Gasteiger partial charge in [-0.25, -0.2) is 0 Å². The predicted octanol–water partition coefficient (Wildman–Crippen LogP) is 3.95. The van der Waals surface area contributed by atoms with Crippen LogP contribution in [0.15, 0.2) is 0 Å². The van der Waals surface area contributed by atoms with Gasteiger partial charge in [0.25, 0.3) is 0 Å². The average molecular weight is 382 g/mol. The first-order valence-electron chi connectivity index (χ1n) is 3.77. The Kier molecular flexibility index (Phi) is 8.48. The van der Waals surface area contributed by atoms with E-state index < -0.39 is 0 Å². The van der Waals surface area contributed by atoms with Crippen molar-refractivity contribution >= 4 is 16.8 Å². The first-order chi connectivity index (χ1) is 4.71. The second kappa shape index (κ2) is 6.16. The molecule has 0 saturated carbocycles. The van der Waals surface area contributed by atoms with Gasteiger partial charge in [-0.1, -0.05) is 41.5 Å². The molecule has 0 saturated heterocycles. The Morgan fingerprint density at radius 1 is 0.818 bits per heavy atom. The molecule has 0 aliphatic carbocycles. The molecule has 0 radical (unpaired) electrons. The minimum atomic E-state index is 0.500. The molecule has 0 aliphatic rings. The van der Waals surface area contributed by atoms with Gasteiger partial charge in [0, 0.05) is 0 Å². The van der Waals surface area contributed by atoms with E-state index in [2.05, 4.69) is 41.5 Å². The summed E-state index contributed by atoms with van der Waals surface area (Å²) in [6, 6.07) is 0. The molecule has 0 N–H and O–H groups in total. The van der Waals surface area contributed by atoms with Crippen molar-refractivity contribution in [2.75, 3.05) is 0 Å². The van der Waals surface area contributed by atoms with Crippen LogP contribution in [-0.4, -0.2) is 10.3 Å². The van der Waals surface area contributed by atoms with Gasteiger partial charge in [-0.2, -0.15) is 0 Å². The number of halogens is 1. The third kappa shape index (κ3) is 18.5. The second-order valence-electron chi connectivity index (χ2n) is 4.62. The Hall–Kier alpha value is 1.66. The fourth-order valence-corrected chi connectivity index (χ4v) is 3.38. The first kappa shape index (κ1) is 15.1. The molecule has 0 aliphatic heterocycles. The van der Waals surface area contributed by atoms with Crippen LogP contribution in [0.4, 0.5) is 0 Å². The maximum absolute atomic E-state index is 4.83. The Balaban J connectivity index is 0. The molecule has 0 spiro atoms. The summed E-state index contributed by atoms with van der Waals surface area (Å²) in [6.07, 6.45) is 0. The van der Waals surface area contributed by atoms with E-state index in [4.69, 9.17) is 8.25 Å². The van der Waals surface area contributed by atoms with Crippen molar-refractivity contribution in [2.24, 2.45) is 0 Å². The molecule has 3 heteroatoms. The van der Waals surface area contributed by atoms with Crippen LogP contribution in [0.5, 0.6) is 0 Å². The Morgan fingerprint density at radius 2 is 1.00 bits per heavy atom. The fourth-order valence-electron chi connectivity index (χ4n) is 1.12. The molecule has 0 atom stereocenters. The van der Waals surface area contributed by atoms with E-state index in [9.17, 15) is 0 Å². The summed E-state index contributed by atoms with van der Waals surface area (Å²) in [5.74, 6) is 0. The quantitative estimate of drug-likeness (QED) is 0.440. The van der Waals surface area contributed by atoms with Crippen LogP contribution in [0.25, 0.3) is 0 Å². The van der Waals surface area contributed by atoms with Crippen molar-refractivity contribution < 1.29 is 24.9 Å². The van der Waals surface area contributed by atoms with Crippen LogP contribution in [0, 0.1) is 0 Å². The van der Waals surface area contributed by atoms with Crippen molar-refractivity contribution in [1.82, 2.24) is 0 Å². The minimum absolute atomic E-state index is 0.500. The van der Waals surface area contributed by atoms with Gasteiger partial charge in [0.1, 0.15) is 0 Å². The van der Waals surface area contributed by atoms with Gasteiger partial charge in [0.05, 0.1) is 0 Å². The van der Waals surface area contributed by atoms with Crippen LogP contribution in [0.2, 0.25) is 0 Å². The molecule has 0 rings (SSSR count). The van der Waals surface area contributed by atoms with E-state index in [1.807, 2.05) is 0 Å². The molecule has 0 nitrogen and oxygen atoms in total. The number of rotatable bonds is 0. The molecule has 0 aromatic rings. The van der Waals surface area contributed by atoms with E-state index in [0.717, 1.165) is 8.58 Å². The van der Waals surface area contributed by atoms with Gasteiger partial charge in [-0.3, -0.25) is 0 Å². The third-order valence-corrected chi connectivity index (χ3v) is 2.25. The van der Waals surface area contributed by atoms with Gasteiger partial charge < -0.3 is 0 Å². The van der Waals surface area contributed by atoms with Crippen molar-refractivity contribution in [2.45, 2.75) is 51.9 Å². The van der Waals surface area contributed by atoms with Crippen LogP contribution in [-0.2, 0) is 24.9 Å². The zero-order chi connectivity index (χ0) is 9.71. The normalized spacial score (nSPS) is 12.1. The Bertz CT molecular complexity index is 79.2. The van der Waals surface area contributed by atoms with Crippen LogP contribution in [0.1, 0.15) is 41.5 Å². The van der Waals surface area contributed by atoms with Crippen molar-refractivity contribution in [3.8, 4) is 0 Å². The van der Waals surface area contributed by atoms with Crippen LogP contribution in [0.3, 0.4) is 0 Å². The summed E-state index contributed by atoms with van der Waals surface area (Å²) in [7, 11) is 5.88. The van der Waals surface area contributed by atoms with E-state index in [1.54, 1.807) is 0 Å². The molecule has 0 unspecified atom stereocenters. The summed E-state index contributed by atoms with van der Waals surface area (Å²) in [6.45, 7) is 13.8. The molecule has 0 heterocycles. The number of hydrogen-bond acceptors (Lipinski definition) is 0. The molecule has 11 heavy (non-hydrogen) atoms. The fraction of sp³-hybridized carbons (Fsp3) is 1.00. The molecule has 0 amide bonds. The monoisotopic (exact) mass is 383 g/mol. The van der Waals surface area contributed by atoms with E-state index in [1.165, 1.54) is 0 Å². The van der Waals surface area contributed by atoms with Gasteiger partial charge in [0.2, 0.25) is 0 Å². The molecule has 0 bridgehead atoms. The van der Waals surface area contributed by atoms with E-state index in [-0.39, 0.29) is 0 Å². The zero-order valence-corrected chi connectivity index (χ0v) is 15.8. The van der Waals surface area contributed by atoms with Gasteiger partial charge in [-0.05, 0) is 10.3 Å². The Labute approximate surface area is 93.1 Å². The SMILES string of the molecule is CC(C)(C)PC(C)(C)C.[Cl][Hg].